The van der Waals surface area contributed by atoms with E-state index in [4.69, 9.17) is 10.2 Å². The molecule has 2 rings (SSSR count). The van der Waals surface area contributed by atoms with Crippen molar-refractivity contribution < 1.29 is 4.42 Å². The minimum atomic E-state index is 0.0102. The molecule has 1 heterocycles. The SMILES string of the molecule is Cc1cccc(C(N)Cc2ccco2)c1. The predicted molar refractivity (Wildman–Crippen MR) is 60.5 cm³/mol. The first-order valence-electron chi connectivity index (χ1n) is 5.10. The lowest BCUT2D eigenvalue weighted by molar-refractivity contribution is 0.488. The summed E-state index contributed by atoms with van der Waals surface area (Å²) in [6.45, 7) is 2.07. The van der Waals surface area contributed by atoms with Crippen molar-refractivity contribution in [2.75, 3.05) is 0 Å². The number of hydrogen-bond acceptors (Lipinski definition) is 2. The largest absolute Gasteiger partial charge is 0.469 e. The Balaban J connectivity index is 2.11. The summed E-state index contributed by atoms with van der Waals surface area (Å²) in [6.07, 6.45) is 2.43. The summed E-state index contributed by atoms with van der Waals surface area (Å²) in [5.74, 6) is 0.934. The fraction of sp³-hybridized carbons (Fsp3) is 0.231. The Morgan fingerprint density at radius 2 is 2.13 bits per heavy atom. The molecule has 1 atom stereocenters. The van der Waals surface area contributed by atoms with Crippen LogP contribution in [-0.2, 0) is 6.42 Å². The first-order chi connectivity index (χ1) is 7.25. The van der Waals surface area contributed by atoms with Gasteiger partial charge in [-0.3, -0.25) is 0 Å². The highest BCUT2D eigenvalue weighted by Crippen LogP contribution is 2.17. The Labute approximate surface area is 89.7 Å². The van der Waals surface area contributed by atoms with Crippen LogP contribution in [0.4, 0.5) is 0 Å². The van der Waals surface area contributed by atoms with E-state index in [1.807, 2.05) is 18.2 Å². The second-order valence-corrected chi connectivity index (χ2v) is 3.80. The molecule has 0 aliphatic heterocycles. The van der Waals surface area contributed by atoms with Crippen LogP contribution in [0.2, 0.25) is 0 Å². The molecule has 0 aliphatic carbocycles. The van der Waals surface area contributed by atoms with Crippen molar-refractivity contribution in [3.63, 3.8) is 0 Å². The van der Waals surface area contributed by atoms with E-state index in [0.717, 1.165) is 17.7 Å². The van der Waals surface area contributed by atoms with Gasteiger partial charge in [-0.05, 0) is 24.6 Å². The van der Waals surface area contributed by atoms with Crippen molar-refractivity contribution in [1.29, 1.82) is 0 Å². The van der Waals surface area contributed by atoms with Crippen molar-refractivity contribution in [3.05, 3.63) is 59.5 Å². The second kappa shape index (κ2) is 4.32. The second-order valence-electron chi connectivity index (χ2n) is 3.80. The van der Waals surface area contributed by atoms with Crippen LogP contribution in [0.5, 0.6) is 0 Å². The van der Waals surface area contributed by atoms with Gasteiger partial charge in [-0.2, -0.15) is 0 Å². The van der Waals surface area contributed by atoms with Gasteiger partial charge in [0.05, 0.1) is 6.26 Å². The van der Waals surface area contributed by atoms with Crippen molar-refractivity contribution in [2.45, 2.75) is 19.4 Å². The Kier molecular flexibility index (Phi) is 2.88. The van der Waals surface area contributed by atoms with Crippen LogP contribution in [0.15, 0.2) is 47.1 Å². The third-order valence-electron chi connectivity index (χ3n) is 2.47. The number of hydrogen-bond donors (Lipinski definition) is 1. The van der Waals surface area contributed by atoms with Gasteiger partial charge in [0.2, 0.25) is 0 Å². The van der Waals surface area contributed by atoms with Gasteiger partial charge in [0.1, 0.15) is 5.76 Å². The molecule has 1 unspecified atom stereocenters. The zero-order valence-corrected chi connectivity index (χ0v) is 8.81. The van der Waals surface area contributed by atoms with Crippen LogP contribution < -0.4 is 5.73 Å². The Morgan fingerprint density at radius 3 is 2.80 bits per heavy atom. The third-order valence-corrected chi connectivity index (χ3v) is 2.47. The quantitative estimate of drug-likeness (QED) is 0.829. The van der Waals surface area contributed by atoms with Crippen LogP contribution in [0, 0.1) is 6.92 Å². The van der Waals surface area contributed by atoms with Gasteiger partial charge in [0.15, 0.2) is 0 Å². The summed E-state index contributed by atoms with van der Waals surface area (Å²) in [4.78, 5) is 0. The van der Waals surface area contributed by atoms with Crippen molar-refractivity contribution in [1.82, 2.24) is 0 Å². The summed E-state index contributed by atoms with van der Waals surface area (Å²) in [5.41, 5.74) is 8.49. The minimum Gasteiger partial charge on any atom is -0.469 e. The van der Waals surface area contributed by atoms with Crippen molar-refractivity contribution in [3.8, 4) is 0 Å². The normalized spacial score (nSPS) is 12.7. The van der Waals surface area contributed by atoms with Crippen LogP contribution in [0.3, 0.4) is 0 Å². The minimum absolute atomic E-state index is 0.0102. The number of nitrogens with two attached hydrogens (primary N) is 1. The van der Waals surface area contributed by atoms with Crippen molar-refractivity contribution >= 4 is 0 Å². The van der Waals surface area contributed by atoms with Gasteiger partial charge in [-0.15, -0.1) is 0 Å². The molecular formula is C13H15NO. The molecule has 2 heteroatoms. The van der Waals surface area contributed by atoms with E-state index in [0.29, 0.717) is 0 Å². The molecule has 78 valence electrons. The van der Waals surface area contributed by atoms with E-state index in [-0.39, 0.29) is 6.04 Å². The van der Waals surface area contributed by atoms with Gasteiger partial charge < -0.3 is 10.2 Å². The zero-order chi connectivity index (χ0) is 10.7. The van der Waals surface area contributed by atoms with Crippen LogP contribution in [0.25, 0.3) is 0 Å². The van der Waals surface area contributed by atoms with Crippen molar-refractivity contribution in [2.24, 2.45) is 5.73 Å². The van der Waals surface area contributed by atoms with Crippen LogP contribution in [0.1, 0.15) is 22.9 Å². The monoisotopic (exact) mass is 201 g/mol. The summed E-state index contributed by atoms with van der Waals surface area (Å²) in [6, 6.07) is 12.1. The summed E-state index contributed by atoms with van der Waals surface area (Å²) in [5, 5.41) is 0. The van der Waals surface area contributed by atoms with E-state index in [9.17, 15) is 0 Å². The third kappa shape index (κ3) is 2.48. The van der Waals surface area contributed by atoms with Crippen LogP contribution >= 0.6 is 0 Å². The summed E-state index contributed by atoms with van der Waals surface area (Å²) >= 11 is 0. The maximum atomic E-state index is 6.10. The highest BCUT2D eigenvalue weighted by atomic mass is 16.3. The standard InChI is InChI=1S/C13H15NO/c1-10-4-2-5-11(8-10)13(14)9-12-6-3-7-15-12/h2-8,13H,9,14H2,1H3. The highest BCUT2D eigenvalue weighted by Gasteiger charge is 2.08. The average Bonchev–Trinajstić information content (AvgIpc) is 2.70. The van der Waals surface area contributed by atoms with Gasteiger partial charge in [0, 0.05) is 12.5 Å². The molecule has 2 nitrogen and oxygen atoms in total. The lowest BCUT2D eigenvalue weighted by Gasteiger charge is -2.10. The molecule has 1 aromatic heterocycles. The molecule has 2 aromatic rings. The van der Waals surface area contributed by atoms with Gasteiger partial charge in [-0.1, -0.05) is 29.8 Å². The lowest BCUT2D eigenvalue weighted by atomic mass is 10.0. The maximum absolute atomic E-state index is 6.10. The van der Waals surface area contributed by atoms with Gasteiger partial charge in [-0.25, -0.2) is 0 Å². The molecule has 15 heavy (non-hydrogen) atoms. The van der Waals surface area contributed by atoms with E-state index in [1.165, 1.54) is 5.56 Å². The maximum Gasteiger partial charge on any atom is 0.105 e. The molecule has 0 radical (unpaired) electrons. The molecule has 0 saturated heterocycles. The van der Waals surface area contributed by atoms with Gasteiger partial charge >= 0.3 is 0 Å². The highest BCUT2D eigenvalue weighted by molar-refractivity contribution is 5.25. The Hall–Kier alpha value is -1.54. The summed E-state index contributed by atoms with van der Waals surface area (Å²) in [7, 11) is 0. The van der Waals surface area contributed by atoms with Gasteiger partial charge in [0.25, 0.3) is 0 Å². The number of rotatable bonds is 3. The van der Waals surface area contributed by atoms with E-state index < -0.39 is 0 Å². The zero-order valence-electron chi connectivity index (χ0n) is 8.81. The molecule has 2 N–H and O–H groups in total. The molecule has 0 spiro atoms. The summed E-state index contributed by atoms with van der Waals surface area (Å²) < 4.78 is 5.28. The number of furan rings is 1. The molecule has 0 amide bonds. The fourth-order valence-corrected chi connectivity index (χ4v) is 1.66. The Morgan fingerprint density at radius 1 is 1.27 bits per heavy atom. The lowest BCUT2D eigenvalue weighted by Crippen LogP contribution is -2.12. The van der Waals surface area contributed by atoms with E-state index in [1.54, 1.807) is 6.26 Å². The average molecular weight is 201 g/mol. The first-order valence-corrected chi connectivity index (χ1v) is 5.10. The predicted octanol–water partition coefficient (Wildman–Crippen LogP) is 2.83. The molecule has 0 saturated carbocycles. The van der Waals surface area contributed by atoms with E-state index >= 15 is 0 Å². The molecule has 1 aromatic carbocycles. The Bertz CT molecular complexity index is 420. The smallest absolute Gasteiger partial charge is 0.105 e. The molecule has 0 fully saturated rings. The molecule has 0 bridgehead atoms. The number of benzene rings is 1. The van der Waals surface area contributed by atoms with E-state index in [2.05, 4.69) is 25.1 Å². The van der Waals surface area contributed by atoms with Crippen LogP contribution in [-0.4, -0.2) is 0 Å². The molecule has 0 aliphatic rings. The topological polar surface area (TPSA) is 39.2 Å². The fourth-order valence-electron chi connectivity index (χ4n) is 1.66. The molecular weight excluding hydrogens is 186 g/mol. The first kappa shape index (κ1) is 9.99. The number of aryl methyl sites for hydroxylation is 1.